The first kappa shape index (κ1) is 25.9. The molecule has 6 nitrogen and oxygen atoms in total. The number of aromatic hydroxyl groups is 1. The van der Waals surface area contributed by atoms with Gasteiger partial charge in [-0.2, -0.15) is 0 Å². The Kier molecular flexibility index (Phi) is 7.27. The van der Waals surface area contributed by atoms with Crippen molar-refractivity contribution in [1.82, 2.24) is 9.97 Å². The van der Waals surface area contributed by atoms with Gasteiger partial charge >= 0.3 is 0 Å². The zero-order valence-corrected chi connectivity index (χ0v) is 20.9. The molecule has 0 aliphatic heterocycles. The minimum absolute atomic E-state index is 0.0448. The third kappa shape index (κ3) is 5.90. The Bertz CT molecular complexity index is 1600. The lowest BCUT2D eigenvalue weighted by Gasteiger charge is -2.20. The van der Waals surface area contributed by atoms with E-state index in [9.17, 15) is 23.5 Å². The van der Waals surface area contributed by atoms with Gasteiger partial charge in [0.05, 0.1) is 5.69 Å². The lowest BCUT2D eigenvalue weighted by atomic mass is 9.86. The summed E-state index contributed by atoms with van der Waals surface area (Å²) in [6.07, 6.45) is 5.94. The lowest BCUT2D eigenvalue weighted by molar-refractivity contribution is -0.118. The summed E-state index contributed by atoms with van der Waals surface area (Å²) in [6.45, 7) is 0. The minimum Gasteiger partial charge on any atom is -0.508 e. The van der Waals surface area contributed by atoms with Crippen LogP contribution in [0.25, 0.3) is 16.7 Å². The van der Waals surface area contributed by atoms with Gasteiger partial charge in [0.25, 0.3) is 0 Å². The van der Waals surface area contributed by atoms with E-state index in [2.05, 4.69) is 9.97 Å². The topological polar surface area (TPSA) is 106 Å². The summed E-state index contributed by atoms with van der Waals surface area (Å²) in [6, 6.07) is 15.1. The highest BCUT2D eigenvalue weighted by molar-refractivity contribution is 5.94. The van der Waals surface area contributed by atoms with Crippen LogP contribution in [-0.2, 0) is 17.6 Å². The molecule has 0 saturated carbocycles. The molecule has 0 saturated heterocycles. The third-order valence-electron chi connectivity index (χ3n) is 6.86. The number of fused-ring (bicyclic) bond motifs is 1. The number of nitrogens with zero attached hydrogens (tertiary/aromatic N) is 2. The van der Waals surface area contributed by atoms with E-state index < -0.39 is 23.5 Å². The monoisotopic (exact) mass is 525 g/mol. The standard InChI is InChI=1S/C31H25F2N3O3/c32-24-9-18(10-25(33)14-24)8-23(13-27(38)12-21-5-4-19-6-7-26(37)15-28(19)21)30-29(16-35-17-36-30)20-2-1-3-22(11-20)31(34)39/h1-3,5-7,9-11,14-17,23,37H,4,8,12-13H2,(H2,34,39)/t23-/m0/s1. The van der Waals surface area contributed by atoms with Crippen molar-refractivity contribution in [1.29, 1.82) is 0 Å². The van der Waals surface area contributed by atoms with Crippen molar-refractivity contribution < 1.29 is 23.5 Å². The Morgan fingerprint density at radius 2 is 1.79 bits per heavy atom. The van der Waals surface area contributed by atoms with Crippen LogP contribution in [0, 0.1) is 11.6 Å². The van der Waals surface area contributed by atoms with Gasteiger partial charge in [-0.25, -0.2) is 18.7 Å². The number of rotatable bonds is 9. The highest BCUT2D eigenvalue weighted by Crippen LogP contribution is 2.36. The molecule has 0 spiro atoms. The summed E-state index contributed by atoms with van der Waals surface area (Å²) in [5.41, 5.74) is 10.6. The van der Waals surface area contributed by atoms with E-state index in [0.717, 1.165) is 22.8 Å². The van der Waals surface area contributed by atoms with Crippen LogP contribution in [0.4, 0.5) is 8.78 Å². The van der Waals surface area contributed by atoms with Gasteiger partial charge in [0, 0.05) is 42.1 Å². The predicted octanol–water partition coefficient (Wildman–Crippen LogP) is 5.54. The molecule has 1 atom stereocenters. The van der Waals surface area contributed by atoms with Crippen LogP contribution in [0.3, 0.4) is 0 Å². The van der Waals surface area contributed by atoms with Gasteiger partial charge in [0.1, 0.15) is 29.5 Å². The molecule has 39 heavy (non-hydrogen) atoms. The maximum Gasteiger partial charge on any atom is 0.248 e. The number of nitrogens with two attached hydrogens (primary N) is 1. The van der Waals surface area contributed by atoms with Crippen molar-refractivity contribution in [2.24, 2.45) is 5.73 Å². The maximum absolute atomic E-state index is 14.0. The van der Waals surface area contributed by atoms with E-state index in [1.807, 2.05) is 12.1 Å². The van der Waals surface area contributed by atoms with Crippen LogP contribution in [0.5, 0.6) is 5.75 Å². The van der Waals surface area contributed by atoms with Crippen molar-refractivity contribution in [3.8, 4) is 16.9 Å². The van der Waals surface area contributed by atoms with Crippen LogP contribution >= 0.6 is 0 Å². The molecule has 4 aromatic rings. The molecule has 5 rings (SSSR count). The molecule has 1 amide bonds. The van der Waals surface area contributed by atoms with E-state index in [0.29, 0.717) is 34.4 Å². The Morgan fingerprint density at radius 1 is 1.00 bits per heavy atom. The Morgan fingerprint density at radius 3 is 2.56 bits per heavy atom. The fourth-order valence-corrected chi connectivity index (χ4v) is 5.12. The van der Waals surface area contributed by atoms with Gasteiger partial charge in [-0.3, -0.25) is 9.59 Å². The second kappa shape index (κ2) is 10.9. The maximum atomic E-state index is 14.0. The number of carbonyl (C=O) groups excluding carboxylic acids is 2. The molecule has 196 valence electrons. The smallest absolute Gasteiger partial charge is 0.248 e. The second-order valence-electron chi connectivity index (χ2n) is 9.64. The van der Waals surface area contributed by atoms with Gasteiger partial charge < -0.3 is 10.8 Å². The quantitative estimate of drug-likeness (QED) is 0.298. The molecular weight excluding hydrogens is 500 g/mol. The van der Waals surface area contributed by atoms with Crippen LogP contribution < -0.4 is 5.73 Å². The number of hydrogen-bond acceptors (Lipinski definition) is 5. The molecule has 1 aliphatic rings. The summed E-state index contributed by atoms with van der Waals surface area (Å²) in [7, 11) is 0. The lowest BCUT2D eigenvalue weighted by Crippen LogP contribution is -2.14. The number of ketones is 1. The first-order chi connectivity index (χ1) is 18.8. The number of allylic oxidation sites excluding steroid dienone is 2. The molecule has 0 radical (unpaired) electrons. The fourth-order valence-electron chi connectivity index (χ4n) is 5.12. The summed E-state index contributed by atoms with van der Waals surface area (Å²) in [5, 5.41) is 9.93. The van der Waals surface area contributed by atoms with Crippen molar-refractivity contribution >= 4 is 17.3 Å². The van der Waals surface area contributed by atoms with E-state index in [1.54, 1.807) is 42.6 Å². The van der Waals surface area contributed by atoms with E-state index in [4.69, 9.17) is 5.73 Å². The van der Waals surface area contributed by atoms with Crippen molar-refractivity contribution in [3.63, 3.8) is 0 Å². The molecule has 0 unspecified atom stereocenters. The van der Waals surface area contributed by atoms with Crippen LogP contribution in [0.1, 0.15) is 51.5 Å². The Labute approximate surface area is 223 Å². The molecule has 8 heteroatoms. The van der Waals surface area contributed by atoms with Crippen molar-refractivity contribution in [2.75, 3.05) is 0 Å². The summed E-state index contributed by atoms with van der Waals surface area (Å²) >= 11 is 0. The van der Waals surface area contributed by atoms with Crippen molar-refractivity contribution in [2.45, 2.75) is 31.6 Å². The van der Waals surface area contributed by atoms with Crippen molar-refractivity contribution in [3.05, 3.63) is 119 Å². The van der Waals surface area contributed by atoms with Gasteiger partial charge in [0.15, 0.2) is 0 Å². The number of phenolic OH excluding ortho intramolecular Hbond substituents is 1. The number of hydrogen-bond donors (Lipinski definition) is 2. The predicted molar refractivity (Wildman–Crippen MR) is 143 cm³/mol. The van der Waals surface area contributed by atoms with Gasteiger partial charge in [0.2, 0.25) is 5.91 Å². The average molecular weight is 526 g/mol. The van der Waals surface area contributed by atoms with E-state index in [1.165, 1.54) is 18.5 Å². The highest BCUT2D eigenvalue weighted by atomic mass is 19.1. The summed E-state index contributed by atoms with van der Waals surface area (Å²) < 4.78 is 28.1. The molecule has 1 heterocycles. The zero-order valence-electron chi connectivity index (χ0n) is 20.9. The molecule has 3 N–H and O–H groups in total. The number of aromatic nitrogens is 2. The largest absolute Gasteiger partial charge is 0.508 e. The van der Waals surface area contributed by atoms with Gasteiger partial charge in [-0.15, -0.1) is 0 Å². The normalized spacial score (nSPS) is 13.0. The third-order valence-corrected chi connectivity index (χ3v) is 6.86. The summed E-state index contributed by atoms with van der Waals surface area (Å²) in [4.78, 5) is 33.9. The van der Waals surface area contributed by atoms with Gasteiger partial charge in [-0.1, -0.05) is 24.3 Å². The number of carbonyl (C=O) groups is 2. The number of benzene rings is 3. The molecular formula is C31H25F2N3O3. The van der Waals surface area contributed by atoms with E-state index >= 15 is 0 Å². The summed E-state index contributed by atoms with van der Waals surface area (Å²) in [5.74, 6) is -2.51. The number of primary amides is 1. The first-order valence-electron chi connectivity index (χ1n) is 12.4. The molecule has 0 fully saturated rings. The first-order valence-corrected chi connectivity index (χ1v) is 12.4. The number of halogens is 2. The number of Topliss-reactive ketones (excluding diaryl/α,β-unsaturated/α-hetero) is 1. The minimum atomic E-state index is -0.709. The SMILES string of the molecule is NC(=O)c1cccc(-c2cncnc2[C@H](CC(=O)CC2=CCc3ccc(O)cc32)Cc2cc(F)cc(F)c2)c1. The number of phenols is 1. The fraction of sp³-hybridized carbons (Fsp3) is 0.161. The van der Waals surface area contributed by atoms with E-state index in [-0.39, 0.29) is 30.8 Å². The molecule has 1 aromatic heterocycles. The number of amides is 1. The van der Waals surface area contributed by atoms with Gasteiger partial charge in [-0.05, 0) is 77.1 Å². The molecule has 0 bridgehead atoms. The Balaban J connectivity index is 1.49. The zero-order chi connectivity index (χ0) is 27.5. The second-order valence-corrected chi connectivity index (χ2v) is 9.64. The molecule has 1 aliphatic carbocycles. The Hall–Kier alpha value is -4.72. The molecule has 3 aromatic carbocycles. The van der Waals surface area contributed by atoms with Crippen LogP contribution in [-0.4, -0.2) is 26.8 Å². The van der Waals surface area contributed by atoms with Crippen LogP contribution in [0.15, 0.2) is 79.3 Å². The van der Waals surface area contributed by atoms with Crippen LogP contribution in [0.2, 0.25) is 0 Å². The average Bonchev–Trinajstić information content (AvgIpc) is 3.29. The highest BCUT2D eigenvalue weighted by Gasteiger charge is 2.25.